The molecule has 1 aromatic heterocycles. The van der Waals surface area contributed by atoms with Crippen LogP contribution in [0.4, 0.5) is 0 Å². The van der Waals surface area contributed by atoms with Gasteiger partial charge in [0.15, 0.2) is 0 Å². The molecule has 4 rings (SSSR count). The zero-order valence-electron chi connectivity index (χ0n) is 16.5. The first-order valence-corrected chi connectivity index (χ1v) is 11.2. The SMILES string of the molecule is Cc1ccc(C)c(-c2cc(-c3ccc(Cl)cc3)nn2-c2ccccc2S(N)(=O)=O)c1. The van der Waals surface area contributed by atoms with E-state index in [4.69, 9.17) is 21.8 Å². The van der Waals surface area contributed by atoms with Gasteiger partial charge in [-0.05, 0) is 55.8 Å². The molecule has 2 N–H and O–H groups in total. The number of halogens is 1. The molecule has 0 unspecified atom stereocenters. The molecule has 30 heavy (non-hydrogen) atoms. The summed E-state index contributed by atoms with van der Waals surface area (Å²) in [6.07, 6.45) is 0. The fourth-order valence-corrected chi connectivity index (χ4v) is 4.24. The largest absolute Gasteiger partial charge is 0.240 e. The molecule has 0 fully saturated rings. The molecule has 0 amide bonds. The molecule has 0 saturated heterocycles. The highest BCUT2D eigenvalue weighted by atomic mass is 35.5. The minimum Gasteiger partial charge on any atom is -0.231 e. The van der Waals surface area contributed by atoms with E-state index >= 15 is 0 Å². The summed E-state index contributed by atoms with van der Waals surface area (Å²) in [6.45, 7) is 4.03. The van der Waals surface area contributed by atoms with Gasteiger partial charge in [-0.15, -0.1) is 0 Å². The molecule has 4 aromatic rings. The first-order valence-electron chi connectivity index (χ1n) is 9.30. The van der Waals surface area contributed by atoms with E-state index in [0.29, 0.717) is 16.4 Å². The molecule has 0 spiro atoms. The molecule has 0 radical (unpaired) electrons. The van der Waals surface area contributed by atoms with Crippen LogP contribution >= 0.6 is 11.6 Å². The number of nitrogens with two attached hydrogens (primary N) is 1. The predicted molar refractivity (Wildman–Crippen MR) is 120 cm³/mol. The first kappa shape index (κ1) is 20.3. The topological polar surface area (TPSA) is 78.0 Å². The Labute approximate surface area is 180 Å². The molecular weight excluding hydrogens is 418 g/mol. The number of sulfonamides is 1. The minimum absolute atomic E-state index is 0.0160. The Kier molecular flexibility index (Phi) is 5.24. The monoisotopic (exact) mass is 437 g/mol. The Morgan fingerprint density at radius 2 is 1.63 bits per heavy atom. The van der Waals surface area contributed by atoms with E-state index < -0.39 is 10.0 Å². The smallest absolute Gasteiger partial charge is 0.231 e. The lowest BCUT2D eigenvalue weighted by Gasteiger charge is -2.13. The van der Waals surface area contributed by atoms with E-state index in [0.717, 1.165) is 27.9 Å². The van der Waals surface area contributed by atoms with Gasteiger partial charge in [-0.25, -0.2) is 18.2 Å². The standard InChI is InChI=1S/C23H20ClN3O2S/c1-15-7-8-16(2)19(13-15)22-14-20(17-9-11-18(24)12-10-17)26-27(22)21-5-3-4-6-23(21)30(25,28)29/h3-14H,1-2H3,(H2,25,28,29). The molecule has 3 aromatic carbocycles. The van der Waals surface area contributed by atoms with Crippen molar-refractivity contribution in [1.82, 2.24) is 9.78 Å². The summed E-state index contributed by atoms with van der Waals surface area (Å²) in [5.41, 5.74) is 5.86. The number of rotatable bonds is 4. The van der Waals surface area contributed by atoms with E-state index in [9.17, 15) is 8.42 Å². The number of aryl methyl sites for hydroxylation is 2. The third kappa shape index (κ3) is 3.89. The van der Waals surface area contributed by atoms with Crippen molar-refractivity contribution >= 4 is 21.6 Å². The van der Waals surface area contributed by atoms with Crippen LogP contribution < -0.4 is 5.14 Å². The van der Waals surface area contributed by atoms with Crippen LogP contribution in [0.3, 0.4) is 0 Å². The van der Waals surface area contributed by atoms with Gasteiger partial charge in [0.1, 0.15) is 4.90 Å². The third-order valence-electron chi connectivity index (χ3n) is 4.92. The van der Waals surface area contributed by atoms with E-state index in [1.165, 1.54) is 6.07 Å². The van der Waals surface area contributed by atoms with Gasteiger partial charge in [0, 0.05) is 16.1 Å². The lowest BCUT2D eigenvalue weighted by atomic mass is 10.0. The fourth-order valence-electron chi connectivity index (χ4n) is 3.40. The molecule has 0 aliphatic heterocycles. The molecular formula is C23H20ClN3O2S. The molecule has 7 heteroatoms. The summed E-state index contributed by atoms with van der Waals surface area (Å²) in [5.74, 6) is 0. The molecule has 0 aliphatic carbocycles. The van der Waals surface area contributed by atoms with Gasteiger partial charge in [0.2, 0.25) is 10.0 Å². The van der Waals surface area contributed by atoms with Crippen molar-refractivity contribution < 1.29 is 8.42 Å². The molecule has 1 heterocycles. The third-order valence-corrected chi connectivity index (χ3v) is 6.13. The maximum atomic E-state index is 12.2. The molecule has 0 bridgehead atoms. The lowest BCUT2D eigenvalue weighted by Crippen LogP contribution is -2.16. The maximum absolute atomic E-state index is 12.2. The number of hydrogen-bond acceptors (Lipinski definition) is 3. The highest BCUT2D eigenvalue weighted by Crippen LogP contribution is 2.33. The number of para-hydroxylation sites is 1. The van der Waals surface area contributed by atoms with E-state index in [2.05, 4.69) is 6.07 Å². The molecule has 0 saturated carbocycles. The lowest BCUT2D eigenvalue weighted by molar-refractivity contribution is 0.596. The first-order chi connectivity index (χ1) is 14.2. The van der Waals surface area contributed by atoms with Crippen LogP contribution in [0.1, 0.15) is 11.1 Å². The Balaban J connectivity index is 2.03. The Morgan fingerprint density at radius 3 is 2.33 bits per heavy atom. The summed E-state index contributed by atoms with van der Waals surface area (Å²) >= 11 is 6.03. The van der Waals surface area contributed by atoms with Crippen molar-refractivity contribution in [1.29, 1.82) is 0 Å². The fraction of sp³-hybridized carbons (Fsp3) is 0.0870. The van der Waals surface area contributed by atoms with Gasteiger partial charge in [-0.1, -0.05) is 53.6 Å². The predicted octanol–water partition coefficient (Wildman–Crippen LogP) is 5.12. The van der Waals surface area contributed by atoms with Gasteiger partial charge in [-0.2, -0.15) is 5.10 Å². The summed E-state index contributed by atoms with van der Waals surface area (Å²) in [5, 5.41) is 10.9. The molecule has 5 nitrogen and oxygen atoms in total. The van der Waals surface area contributed by atoms with Gasteiger partial charge in [-0.3, -0.25) is 0 Å². The van der Waals surface area contributed by atoms with Crippen LogP contribution in [-0.4, -0.2) is 18.2 Å². The van der Waals surface area contributed by atoms with Gasteiger partial charge < -0.3 is 0 Å². The van der Waals surface area contributed by atoms with Crippen molar-refractivity contribution in [2.75, 3.05) is 0 Å². The second kappa shape index (κ2) is 7.72. The second-order valence-corrected chi connectivity index (χ2v) is 9.13. The van der Waals surface area contributed by atoms with Gasteiger partial charge in [0.25, 0.3) is 0 Å². The minimum atomic E-state index is -3.94. The molecule has 0 atom stereocenters. The van der Waals surface area contributed by atoms with E-state index in [1.807, 2.05) is 44.2 Å². The van der Waals surface area contributed by atoms with Gasteiger partial charge >= 0.3 is 0 Å². The Morgan fingerprint density at radius 1 is 0.933 bits per heavy atom. The highest BCUT2D eigenvalue weighted by Gasteiger charge is 2.20. The Bertz CT molecular complexity index is 1340. The van der Waals surface area contributed by atoms with Crippen molar-refractivity contribution in [2.45, 2.75) is 18.7 Å². The van der Waals surface area contributed by atoms with Crippen LogP contribution in [0, 0.1) is 13.8 Å². The number of nitrogens with zero attached hydrogens (tertiary/aromatic N) is 2. The van der Waals surface area contributed by atoms with Crippen molar-refractivity contribution in [3.05, 3.63) is 88.9 Å². The van der Waals surface area contributed by atoms with Crippen molar-refractivity contribution in [3.63, 3.8) is 0 Å². The van der Waals surface area contributed by atoms with Gasteiger partial charge in [0.05, 0.1) is 17.1 Å². The second-order valence-electron chi connectivity index (χ2n) is 7.16. The number of hydrogen-bond donors (Lipinski definition) is 1. The number of benzene rings is 3. The van der Waals surface area contributed by atoms with Crippen LogP contribution in [0.2, 0.25) is 5.02 Å². The highest BCUT2D eigenvalue weighted by molar-refractivity contribution is 7.89. The van der Waals surface area contributed by atoms with E-state index in [-0.39, 0.29) is 4.90 Å². The zero-order valence-corrected chi connectivity index (χ0v) is 18.1. The Hall–Kier alpha value is -2.93. The maximum Gasteiger partial charge on any atom is 0.240 e. The normalized spacial score (nSPS) is 11.6. The van der Waals surface area contributed by atoms with Crippen molar-refractivity contribution in [3.8, 4) is 28.2 Å². The van der Waals surface area contributed by atoms with Crippen LogP contribution in [0.5, 0.6) is 0 Å². The van der Waals surface area contributed by atoms with Crippen LogP contribution in [0.15, 0.2) is 77.7 Å². The summed E-state index contributed by atoms with van der Waals surface area (Å²) in [4.78, 5) is 0.0160. The average Bonchev–Trinajstić information content (AvgIpc) is 3.15. The van der Waals surface area contributed by atoms with Crippen LogP contribution in [-0.2, 0) is 10.0 Å². The number of aromatic nitrogens is 2. The average molecular weight is 438 g/mol. The quantitative estimate of drug-likeness (QED) is 0.481. The molecule has 152 valence electrons. The van der Waals surface area contributed by atoms with E-state index in [1.54, 1.807) is 35.0 Å². The van der Waals surface area contributed by atoms with Crippen LogP contribution in [0.25, 0.3) is 28.2 Å². The molecule has 0 aliphatic rings. The summed E-state index contributed by atoms with van der Waals surface area (Å²) in [6, 6.07) is 22.0. The summed E-state index contributed by atoms with van der Waals surface area (Å²) < 4.78 is 26.1. The summed E-state index contributed by atoms with van der Waals surface area (Å²) in [7, 11) is -3.94. The van der Waals surface area contributed by atoms with Crippen molar-refractivity contribution in [2.24, 2.45) is 5.14 Å². The number of primary sulfonamides is 1. The zero-order chi connectivity index (χ0) is 21.5.